The predicted molar refractivity (Wildman–Crippen MR) is 102 cm³/mol. The highest BCUT2D eigenvalue weighted by Gasteiger charge is 2.19. The normalized spacial score (nSPS) is 11.1. The van der Waals surface area contributed by atoms with Crippen LogP contribution in [0, 0.1) is 0 Å². The third-order valence-corrected chi connectivity index (χ3v) is 4.57. The topological polar surface area (TPSA) is 111 Å². The number of rotatable bonds is 6. The smallest absolute Gasteiger partial charge is 0.200 e. The zero-order valence-corrected chi connectivity index (χ0v) is 15.0. The highest BCUT2D eigenvalue weighted by Crippen LogP contribution is 2.36. The second-order valence-electron chi connectivity index (χ2n) is 6.59. The minimum absolute atomic E-state index is 0.0186. The number of hydrogen-bond acceptors (Lipinski definition) is 6. The predicted octanol–water partition coefficient (Wildman–Crippen LogP) is 4.41. The Bertz CT molecular complexity index is 1040. The fourth-order valence-corrected chi connectivity index (χ4v) is 3.17. The van der Waals surface area contributed by atoms with Crippen molar-refractivity contribution in [2.75, 3.05) is 0 Å². The second-order valence-corrected chi connectivity index (χ2v) is 6.59. The number of fused-ring (bicyclic) bond motifs is 1. The molecular formula is C21H22O6. The number of unbranched alkanes of at least 4 members (excludes halogenated alkanes) is 3. The van der Waals surface area contributed by atoms with Crippen LogP contribution >= 0.6 is 0 Å². The Kier molecular flexibility index (Phi) is 5.26. The first-order valence-electron chi connectivity index (χ1n) is 8.96. The van der Waals surface area contributed by atoms with Crippen LogP contribution in [-0.4, -0.2) is 20.4 Å². The zero-order valence-electron chi connectivity index (χ0n) is 15.0. The SMILES string of the molecule is CCCCCCc1c(-c2ccc(O)c(O)c2)oc2cc(O)cc(O)c2c1=O. The molecule has 0 saturated heterocycles. The summed E-state index contributed by atoms with van der Waals surface area (Å²) >= 11 is 0. The average Bonchev–Trinajstić information content (AvgIpc) is 2.61. The summed E-state index contributed by atoms with van der Waals surface area (Å²) < 4.78 is 5.86. The molecule has 0 aliphatic heterocycles. The molecule has 0 atom stereocenters. The molecule has 0 bridgehead atoms. The lowest BCUT2D eigenvalue weighted by Crippen LogP contribution is -2.11. The minimum atomic E-state index is -0.368. The molecule has 6 heteroatoms. The van der Waals surface area contributed by atoms with Gasteiger partial charge < -0.3 is 24.8 Å². The Morgan fingerprint density at radius 2 is 1.67 bits per heavy atom. The quantitative estimate of drug-likeness (QED) is 0.378. The fraction of sp³-hybridized carbons (Fsp3) is 0.286. The maximum Gasteiger partial charge on any atom is 0.200 e. The molecule has 0 amide bonds. The highest BCUT2D eigenvalue weighted by atomic mass is 16.3. The summed E-state index contributed by atoms with van der Waals surface area (Å²) in [4.78, 5) is 13.1. The van der Waals surface area contributed by atoms with Gasteiger partial charge in [-0.2, -0.15) is 0 Å². The van der Waals surface area contributed by atoms with Crippen molar-refractivity contribution in [1.29, 1.82) is 0 Å². The number of phenolic OH excluding ortho intramolecular Hbond substituents is 4. The van der Waals surface area contributed by atoms with Gasteiger partial charge in [0.05, 0.1) is 0 Å². The Labute approximate surface area is 156 Å². The number of benzene rings is 2. The van der Waals surface area contributed by atoms with Gasteiger partial charge in [0.15, 0.2) is 16.9 Å². The van der Waals surface area contributed by atoms with Gasteiger partial charge in [-0.1, -0.05) is 26.2 Å². The Morgan fingerprint density at radius 3 is 2.37 bits per heavy atom. The van der Waals surface area contributed by atoms with Gasteiger partial charge in [-0.15, -0.1) is 0 Å². The first kappa shape index (κ1) is 18.6. The number of phenols is 4. The molecule has 0 spiro atoms. The van der Waals surface area contributed by atoms with Crippen LogP contribution in [0.1, 0.15) is 38.2 Å². The lowest BCUT2D eigenvalue weighted by atomic mass is 9.99. The van der Waals surface area contributed by atoms with Crippen molar-refractivity contribution in [3.63, 3.8) is 0 Å². The molecule has 27 heavy (non-hydrogen) atoms. The summed E-state index contributed by atoms with van der Waals surface area (Å²) in [6.45, 7) is 2.10. The van der Waals surface area contributed by atoms with E-state index in [9.17, 15) is 25.2 Å². The molecule has 3 rings (SSSR count). The van der Waals surface area contributed by atoms with Crippen LogP contribution in [0.25, 0.3) is 22.3 Å². The van der Waals surface area contributed by atoms with Gasteiger partial charge in [0.1, 0.15) is 28.2 Å². The molecule has 4 N–H and O–H groups in total. The van der Waals surface area contributed by atoms with Gasteiger partial charge in [-0.25, -0.2) is 0 Å². The van der Waals surface area contributed by atoms with E-state index in [-0.39, 0.29) is 45.2 Å². The Hall–Kier alpha value is -3.15. The van der Waals surface area contributed by atoms with E-state index in [0.29, 0.717) is 17.5 Å². The fourth-order valence-electron chi connectivity index (χ4n) is 3.17. The van der Waals surface area contributed by atoms with Gasteiger partial charge in [0.2, 0.25) is 0 Å². The van der Waals surface area contributed by atoms with E-state index in [0.717, 1.165) is 31.7 Å². The molecule has 0 fully saturated rings. The standard InChI is InChI=1S/C21H22O6/c1-2-3-4-5-6-14-20(26)19-17(25)10-13(22)11-18(19)27-21(14)12-7-8-15(23)16(24)9-12/h7-11,22-25H,2-6H2,1H3. The van der Waals surface area contributed by atoms with Crippen molar-refractivity contribution >= 4 is 11.0 Å². The summed E-state index contributed by atoms with van der Waals surface area (Å²) in [5.41, 5.74) is 0.507. The van der Waals surface area contributed by atoms with Crippen LogP contribution < -0.4 is 5.43 Å². The molecule has 6 nitrogen and oxygen atoms in total. The molecule has 0 unspecified atom stereocenters. The summed E-state index contributed by atoms with van der Waals surface area (Å²) in [5.74, 6) is -0.913. The van der Waals surface area contributed by atoms with Crippen LogP contribution in [0.2, 0.25) is 0 Å². The van der Waals surface area contributed by atoms with Crippen LogP contribution in [0.4, 0.5) is 0 Å². The molecule has 0 radical (unpaired) electrons. The number of aromatic hydroxyl groups is 4. The van der Waals surface area contributed by atoms with Crippen LogP contribution in [-0.2, 0) is 6.42 Å². The molecule has 3 aromatic rings. The molecular weight excluding hydrogens is 348 g/mol. The van der Waals surface area contributed by atoms with Crippen molar-refractivity contribution in [2.24, 2.45) is 0 Å². The van der Waals surface area contributed by atoms with E-state index < -0.39 is 0 Å². The summed E-state index contributed by atoms with van der Waals surface area (Å²) in [7, 11) is 0. The first-order valence-corrected chi connectivity index (χ1v) is 8.96. The molecule has 1 aromatic heterocycles. The third-order valence-electron chi connectivity index (χ3n) is 4.57. The van der Waals surface area contributed by atoms with Crippen molar-refractivity contribution in [3.05, 3.63) is 46.1 Å². The lowest BCUT2D eigenvalue weighted by molar-refractivity contribution is 0.404. The van der Waals surface area contributed by atoms with E-state index in [2.05, 4.69) is 6.92 Å². The van der Waals surface area contributed by atoms with Gasteiger partial charge >= 0.3 is 0 Å². The van der Waals surface area contributed by atoms with Crippen molar-refractivity contribution in [2.45, 2.75) is 39.0 Å². The highest BCUT2D eigenvalue weighted by molar-refractivity contribution is 5.87. The summed E-state index contributed by atoms with van der Waals surface area (Å²) in [5, 5.41) is 39.2. The Morgan fingerprint density at radius 1 is 0.889 bits per heavy atom. The maximum atomic E-state index is 13.1. The van der Waals surface area contributed by atoms with Crippen LogP contribution in [0.15, 0.2) is 39.5 Å². The third kappa shape index (κ3) is 3.69. The summed E-state index contributed by atoms with van der Waals surface area (Å²) in [6.07, 6.45) is 4.30. The molecule has 0 saturated carbocycles. The largest absolute Gasteiger partial charge is 0.508 e. The molecule has 142 valence electrons. The zero-order chi connectivity index (χ0) is 19.6. The van der Waals surface area contributed by atoms with Crippen LogP contribution in [0.5, 0.6) is 23.0 Å². The maximum absolute atomic E-state index is 13.1. The first-order chi connectivity index (χ1) is 12.9. The molecule has 0 aliphatic rings. The van der Waals surface area contributed by atoms with Crippen LogP contribution in [0.3, 0.4) is 0 Å². The van der Waals surface area contributed by atoms with Gasteiger partial charge in [0, 0.05) is 23.3 Å². The average molecular weight is 370 g/mol. The van der Waals surface area contributed by atoms with Gasteiger partial charge in [-0.3, -0.25) is 4.79 Å². The molecule has 0 aliphatic carbocycles. The lowest BCUT2D eigenvalue weighted by Gasteiger charge is -2.12. The van der Waals surface area contributed by atoms with E-state index in [4.69, 9.17) is 4.42 Å². The number of hydrogen-bond donors (Lipinski definition) is 4. The van der Waals surface area contributed by atoms with E-state index in [1.54, 1.807) is 0 Å². The van der Waals surface area contributed by atoms with E-state index >= 15 is 0 Å². The second kappa shape index (κ2) is 7.61. The van der Waals surface area contributed by atoms with Crippen molar-refractivity contribution in [3.8, 4) is 34.3 Å². The van der Waals surface area contributed by atoms with E-state index in [1.165, 1.54) is 24.3 Å². The summed E-state index contributed by atoms with van der Waals surface area (Å²) in [6, 6.07) is 6.54. The van der Waals surface area contributed by atoms with Crippen molar-refractivity contribution in [1.82, 2.24) is 0 Å². The monoisotopic (exact) mass is 370 g/mol. The minimum Gasteiger partial charge on any atom is -0.508 e. The Balaban J connectivity index is 2.22. The van der Waals surface area contributed by atoms with Crippen molar-refractivity contribution < 1.29 is 24.8 Å². The molecule has 1 heterocycles. The van der Waals surface area contributed by atoms with E-state index in [1.807, 2.05) is 0 Å². The van der Waals surface area contributed by atoms with Gasteiger partial charge in [0.25, 0.3) is 0 Å². The molecule has 2 aromatic carbocycles. The van der Waals surface area contributed by atoms with Gasteiger partial charge in [-0.05, 0) is 31.0 Å².